The molecule has 0 aliphatic heterocycles. The molecule has 0 atom stereocenters. The Labute approximate surface area is 163 Å². The molecule has 3 aromatic rings. The third-order valence-electron chi connectivity index (χ3n) is 4.66. The molecule has 0 saturated heterocycles. The van der Waals surface area contributed by atoms with Crippen molar-refractivity contribution in [3.63, 3.8) is 0 Å². The summed E-state index contributed by atoms with van der Waals surface area (Å²) in [5.74, 6) is 0.968. The molecule has 0 aromatic heterocycles. The van der Waals surface area contributed by atoms with E-state index in [0.717, 1.165) is 51.1 Å². The highest BCUT2D eigenvalue weighted by molar-refractivity contribution is 5.27. The molecule has 1 N–H and O–H groups in total. The summed E-state index contributed by atoms with van der Waals surface area (Å²) in [5.41, 5.74) is 4.07. The second-order valence-electron chi connectivity index (χ2n) is 6.85. The summed E-state index contributed by atoms with van der Waals surface area (Å²) in [6.07, 6.45) is 4.40. The molecule has 3 rings (SSSR count). The van der Waals surface area contributed by atoms with Crippen LogP contribution in [0.25, 0.3) is 0 Å². The van der Waals surface area contributed by atoms with Crippen molar-refractivity contribution in [3.05, 3.63) is 102 Å². The first-order chi connectivity index (χ1) is 13.4. The van der Waals surface area contributed by atoms with Crippen molar-refractivity contribution in [1.29, 1.82) is 0 Å². The molecule has 0 fully saturated rings. The number of unbranched alkanes of at least 4 members (excludes halogenated alkanes) is 1. The van der Waals surface area contributed by atoms with E-state index in [1.54, 1.807) is 0 Å². The van der Waals surface area contributed by atoms with Crippen LogP contribution in [0.4, 0.5) is 0 Å². The van der Waals surface area contributed by atoms with E-state index in [9.17, 15) is 0 Å². The minimum atomic E-state index is 0.783. The van der Waals surface area contributed by atoms with Gasteiger partial charge in [-0.2, -0.15) is 0 Å². The lowest BCUT2D eigenvalue weighted by Gasteiger charge is -2.08. The van der Waals surface area contributed by atoms with Gasteiger partial charge < -0.3 is 10.1 Å². The summed E-state index contributed by atoms with van der Waals surface area (Å²) < 4.78 is 5.87. The minimum absolute atomic E-state index is 0.783. The van der Waals surface area contributed by atoms with Gasteiger partial charge in [-0.25, -0.2) is 0 Å². The van der Waals surface area contributed by atoms with Gasteiger partial charge in [0.25, 0.3) is 0 Å². The molecular formula is C25H29NO. The molecule has 0 spiro atoms. The smallest absolute Gasteiger partial charge is 0.119 e. The standard InChI is InChI=1S/C25H29NO/c1-3-9-22(10-4-1)11-7-8-20-27-25-16-14-23(15-17-25)18-19-26-21-24-12-5-2-6-13-24/h1-6,9-10,12-17,26H,7-8,11,18-21H2. The Morgan fingerprint density at radius 1 is 0.593 bits per heavy atom. The monoisotopic (exact) mass is 359 g/mol. The van der Waals surface area contributed by atoms with Crippen LogP contribution in [-0.2, 0) is 19.4 Å². The molecule has 0 unspecified atom stereocenters. The van der Waals surface area contributed by atoms with Crippen LogP contribution in [0, 0.1) is 0 Å². The number of hydrogen-bond acceptors (Lipinski definition) is 2. The van der Waals surface area contributed by atoms with Crippen LogP contribution in [0.2, 0.25) is 0 Å². The van der Waals surface area contributed by atoms with Crippen molar-refractivity contribution in [2.24, 2.45) is 0 Å². The number of aryl methyl sites for hydroxylation is 1. The van der Waals surface area contributed by atoms with E-state index in [1.807, 2.05) is 0 Å². The van der Waals surface area contributed by atoms with Gasteiger partial charge in [0.15, 0.2) is 0 Å². The van der Waals surface area contributed by atoms with Gasteiger partial charge in [0.1, 0.15) is 5.75 Å². The lowest BCUT2D eigenvalue weighted by atomic mass is 10.1. The van der Waals surface area contributed by atoms with Gasteiger partial charge in [-0.1, -0.05) is 72.8 Å². The molecule has 0 bridgehead atoms. The molecule has 0 radical (unpaired) electrons. The largest absolute Gasteiger partial charge is 0.494 e. The van der Waals surface area contributed by atoms with Crippen LogP contribution >= 0.6 is 0 Å². The summed E-state index contributed by atoms with van der Waals surface area (Å²) in [5, 5.41) is 3.50. The molecule has 3 aromatic carbocycles. The number of hydrogen-bond donors (Lipinski definition) is 1. The topological polar surface area (TPSA) is 21.3 Å². The number of rotatable bonds is 11. The highest BCUT2D eigenvalue weighted by Crippen LogP contribution is 2.13. The summed E-state index contributed by atoms with van der Waals surface area (Å²) in [7, 11) is 0. The average molecular weight is 360 g/mol. The summed E-state index contributed by atoms with van der Waals surface area (Å²) >= 11 is 0. The van der Waals surface area contributed by atoms with Gasteiger partial charge in [0.05, 0.1) is 6.61 Å². The van der Waals surface area contributed by atoms with E-state index >= 15 is 0 Å². The van der Waals surface area contributed by atoms with Crippen molar-refractivity contribution in [3.8, 4) is 5.75 Å². The van der Waals surface area contributed by atoms with Crippen molar-refractivity contribution >= 4 is 0 Å². The van der Waals surface area contributed by atoms with Crippen LogP contribution in [0.3, 0.4) is 0 Å². The maximum atomic E-state index is 5.87. The molecule has 0 amide bonds. The zero-order chi connectivity index (χ0) is 18.6. The van der Waals surface area contributed by atoms with Crippen LogP contribution < -0.4 is 10.1 Å². The van der Waals surface area contributed by atoms with Gasteiger partial charge in [-0.15, -0.1) is 0 Å². The minimum Gasteiger partial charge on any atom is -0.494 e. The maximum Gasteiger partial charge on any atom is 0.119 e. The molecule has 0 aliphatic rings. The van der Waals surface area contributed by atoms with E-state index in [4.69, 9.17) is 4.74 Å². The zero-order valence-corrected chi connectivity index (χ0v) is 15.9. The number of benzene rings is 3. The summed E-state index contributed by atoms with van der Waals surface area (Å²) in [6, 6.07) is 29.7. The molecule has 0 saturated carbocycles. The first-order valence-corrected chi connectivity index (χ1v) is 9.90. The normalized spacial score (nSPS) is 10.7. The fourth-order valence-electron chi connectivity index (χ4n) is 3.08. The van der Waals surface area contributed by atoms with E-state index in [1.165, 1.54) is 16.7 Å². The first kappa shape index (κ1) is 19.2. The van der Waals surface area contributed by atoms with Crippen molar-refractivity contribution in [2.45, 2.75) is 32.2 Å². The Morgan fingerprint density at radius 2 is 1.22 bits per heavy atom. The Hall–Kier alpha value is -2.58. The Morgan fingerprint density at radius 3 is 1.93 bits per heavy atom. The van der Waals surface area contributed by atoms with Crippen LogP contribution in [-0.4, -0.2) is 13.2 Å². The molecule has 0 aliphatic carbocycles. The molecule has 0 heterocycles. The highest BCUT2D eigenvalue weighted by Gasteiger charge is 1.98. The van der Waals surface area contributed by atoms with E-state index in [2.05, 4.69) is 90.2 Å². The molecule has 140 valence electrons. The highest BCUT2D eigenvalue weighted by atomic mass is 16.5. The van der Waals surface area contributed by atoms with Gasteiger partial charge in [0, 0.05) is 6.54 Å². The lowest BCUT2D eigenvalue weighted by Crippen LogP contribution is -2.16. The second kappa shape index (κ2) is 11.2. The SMILES string of the molecule is c1ccc(CCCCOc2ccc(CCNCc3ccccc3)cc2)cc1. The van der Waals surface area contributed by atoms with Crippen molar-refractivity contribution in [2.75, 3.05) is 13.2 Å². The van der Waals surface area contributed by atoms with E-state index < -0.39 is 0 Å². The Kier molecular flexibility index (Phi) is 7.96. The van der Waals surface area contributed by atoms with Crippen LogP contribution in [0.15, 0.2) is 84.9 Å². The first-order valence-electron chi connectivity index (χ1n) is 9.90. The third-order valence-corrected chi connectivity index (χ3v) is 4.66. The van der Waals surface area contributed by atoms with Gasteiger partial charge >= 0.3 is 0 Å². The second-order valence-corrected chi connectivity index (χ2v) is 6.85. The fourth-order valence-corrected chi connectivity index (χ4v) is 3.08. The van der Waals surface area contributed by atoms with Crippen LogP contribution in [0.1, 0.15) is 29.5 Å². The summed E-state index contributed by atoms with van der Waals surface area (Å²) in [6.45, 7) is 2.68. The van der Waals surface area contributed by atoms with Gasteiger partial charge in [0.2, 0.25) is 0 Å². The average Bonchev–Trinajstić information content (AvgIpc) is 2.73. The van der Waals surface area contributed by atoms with Crippen molar-refractivity contribution in [1.82, 2.24) is 5.32 Å². The molecule has 2 heteroatoms. The maximum absolute atomic E-state index is 5.87. The molecule has 27 heavy (non-hydrogen) atoms. The van der Waals surface area contributed by atoms with Gasteiger partial charge in [-0.3, -0.25) is 0 Å². The fraction of sp³-hybridized carbons (Fsp3) is 0.280. The Bertz CT molecular complexity index is 753. The summed E-state index contributed by atoms with van der Waals surface area (Å²) in [4.78, 5) is 0. The zero-order valence-electron chi connectivity index (χ0n) is 15.9. The molecular weight excluding hydrogens is 330 g/mol. The molecule has 2 nitrogen and oxygen atoms in total. The predicted molar refractivity (Wildman–Crippen MR) is 113 cm³/mol. The quantitative estimate of drug-likeness (QED) is 0.462. The van der Waals surface area contributed by atoms with Crippen LogP contribution in [0.5, 0.6) is 5.75 Å². The van der Waals surface area contributed by atoms with E-state index in [-0.39, 0.29) is 0 Å². The van der Waals surface area contributed by atoms with Gasteiger partial charge in [-0.05, 0) is 61.1 Å². The number of nitrogens with one attached hydrogen (secondary N) is 1. The number of ether oxygens (including phenoxy) is 1. The lowest BCUT2D eigenvalue weighted by molar-refractivity contribution is 0.307. The Balaban J connectivity index is 1.28. The predicted octanol–water partition coefficient (Wildman–Crippen LogP) is 5.42. The van der Waals surface area contributed by atoms with E-state index in [0.29, 0.717) is 0 Å². The third kappa shape index (κ3) is 7.28. The van der Waals surface area contributed by atoms with Crippen molar-refractivity contribution < 1.29 is 4.74 Å².